The van der Waals surface area contributed by atoms with Crippen LogP contribution in [0.15, 0.2) is 195 Å². The summed E-state index contributed by atoms with van der Waals surface area (Å²) in [4.78, 5) is 29.9. The van der Waals surface area contributed by atoms with Crippen LogP contribution < -0.4 is 0 Å². The summed E-state index contributed by atoms with van der Waals surface area (Å²) in [5, 5.41) is 0. The minimum absolute atomic E-state index is 0.771. The van der Waals surface area contributed by atoms with Gasteiger partial charge in [-0.1, -0.05) is 115 Å². The Morgan fingerprint density at radius 1 is 0.222 bits per heavy atom. The highest BCUT2D eigenvalue weighted by atomic mass is 14.9. The van der Waals surface area contributed by atoms with Crippen molar-refractivity contribution in [1.82, 2.24) is 29.9 Å². The molecular formula is C48H32N6. The van der Waals surface area contributed by atoms with Gasteiger partial charge >= 0.3 is 0 Å². The summed E-state index contributed by atoms with van der Waals surface area (Å²) in [5.41, 5.74) is 14.1. The summed E-state index contributed by atoms with van der Waals surface area (Å²) in [6.45, 7) is 0. The third-order valence-electron chi connectivity index (χ3n) is 9.24. The zero-order chi connectivity index (χ0) is 36.1. The highest BCUT2D eigenvalue weighted by Gasteiger charge is 2.21. The standard InChI is InChI=1S/C48H32N6/c1-3-15-33(16-4-1)45-47(53-46(34-17-5-2-6-18-34)48(54-45)38-22-14-20-36(30-38)40-23-7-10-26-49-40)37-21-13-19-35(29-37)39-31-43(41-24-8-11-27-50-41)52-44(32-39)42-25-9-12-28-51-42/h1-32H. The lowest BCUT2D eigenvalue weighted by molar-refractivity contribution is 1.21. The van der Waals surface area contributed by atoms with Gasteiger partial charge in [-0.2, -0.15) is 0 Å². The summed E-state index contributed by atoms with van der Waals surface area (Å²) in [7, 11) is 0. The molecule has 0 bridgehead atoms. The van der Waals surface area contributed by atoms with Gasteiger partial charge < -0.3 is 0 Å². The van der Waals surface area contributed by atoms with Crippen molar-refractivity contribution in [3.63, 3.8) is 0 Å². The zero-order valence-corrected chi connectivity index (χ0v) is 29.2. The van der Waals surface area contributed by atoms with Gasteiger partial charge in [-0.25, -0.2) is 15.0 Å². The highest BCUT2D eigenvalue weighted by Crippen LogP contribution is 2.39. The lowest BCUT2D eigenvalue weighted by atomic mass is 9.96. The molecule has 0 saturated heterocycles. The van der Waals surface area contributed by atoms with Crippen molar-refractivity contribution in [3.8, 4) is 90.2 Å². The van der Waals surface area contributed by atoms with Gasteiger partial charge in [-0.3, -0.25) is 15.0 Å². The summed E-state index contributed by atoms with van der Waals surface area (Å²) in [6, 6.07) is 59.3. The van der Waals surface area contributed by atoms with Crippen LogP contribution in [0, 0.1) is 0 Å². The molecule has 0 aliphatic rings. The van der Waals surface area contributed by atoms with Crippen LogP contribution in [-0.4, -0.2) is 29.9 Å². The predicted molar refractivity (Wildman–Crippen MR) is 217 cm³/mol. The maximum absolute atomic E-state index is 5.52. The quantitative estimate of drug-likeness (QED) is 0.158. The van der Waals surface area contributed by atoms with E-state index < -0.39 is 0 Å². The van der Waals surface area contributed by atoms with Crippen molar-refractivity contribution in [3.05, 3.63) is 195 Å². The Balaban J connectivity index is 1.25. The molecule has 0 saturated carbocycles. The molecule has 0 atom stereocenters. The molecule has 254 valence electrons. The summed E-state index contributed by atoms with van der Waals surface area (Å²) >= 11 is 0. The van der Waals surface area contributed by atoms with Crippen molar-refractivity contribution >= 4 is 0 Å². The molecule has 4 aromatic carbocycles. The number of pyridine rings is 4. The van der Waals surface area contributed by atoms with Crippen LogP contribution in [0.25, 0.3) is 90.2 Å². The lowest BCUT2D eigenvalue weighted by Gasteiger charge is -2.17. The second-order valence-corrected chi connectivity index (χ2v) is 12.8. The number of benzene rings is 4. The molecule has 6 nitrogen and oxygen atoms in total. The number of hydrogen-bond donors (Lipinski definition) is 0. The smallest absolute Gasteiger partial charge is 0.0973 e. The molecule has 5 heterocycles. The molecule has 9 aromatic rings. The number of aromatic nitrogens is 6. The van der Waals surface area contributed by atoms with Gasteiger partial charge in [-0.15, -0.1) is 0 Å². The number of nitrogens with zero attached hydrogens (tertiary/aromatic N) is 6. The fraction of sp³-hybridized carbons (Fsp3) is 0. The number of hydrogen-bond acceptors (Lipinski definition) is 6. The second-order valence-electron chi connectivity index (χ2n) is 12.8. The first-order valence-electron chi connectivity index (χ1n) is 17.8. The Labute approximate surface area is 313 Å². The Bertz CT molecular complexity index is 2630. The fourth-order valence-electron chi connectivity index (χ4n) is 6.63. The third-order valence-corrected chi connectivity index (χ3v) is 9.24. The van der Waals surface area contributed by atoms with E-state index in [1.54, 1.807) is 12.4 Å². The molecule has 0 amide bonds. The Hall–Kier alpha value is -7.44. The Kier molecular flexibility index (Phi) is 8.81. The molecule has 0 N–H and O–H groups in total. The van der Waals surface area contributed by atoms with Crippen molar-refractivity contribution in [2.75, 3.05) is 0 Å². The molecule has 5 aromatic heterocycles. The largest absolute Gasteiger partial charge is 0.256 e. The molecule has 0 unspecified atom stereocenters. The first-order chi connectivity index (χ1) is 26.8. The average Bonchev–Trinajstić information content (AvgIpc) is 3.27. The monoisotopic (exact) mass is 692 g/mol. The summed E-state index contributed by atoms with van der Waals surface area (Å²) in [5.74, 6) is 0. The third kappa shape index (κ3) is 6.67. The van der Waals surface area contributed by atoms with Crippen LogP contribution in [0.1, 0.15) is 0 Å². The van der Waals surface area contributed by atoms with Gasteiger partial charge in [0.15, 0.2) is 0 Å². The van der Waals surface area contributed by atoms with E-state index in [0.717, 1.165) is 90.2 Å². The van der Waals surface area contributed by atoms with E-state index in [2.05, 4.69) is 99.9 Å². The maximum Gasteiger partial charge on any atom is 0.0973 e. The minimum atomic E-state index is 0.771. The normalized spacial score (nSPS) is 11.0. The summed E-state index contributed by atoms with van der Waals surface area (Å²) < 4.78 is 0. The fourth-order valence-corrected chi connectivity index (χ4v) is 6.63. The first kappa shape index (κ1) is 32.5. The van der Waals surface area contributed by atoms with Crippen LogP contribution in [0.5, 0.6) is 0 Å². The SMILES string of the molecule is c1ccc(-c2nc(-c3cccc(-c4ccccn4)c3)c(-c3ccccc3)nc2-c2cccc(-c3cc(-c4ccccn4)nc(-c4ccccn4)c3)c2)cc1. The van der Waals surface area contributed by atoms with E-state index in [1.807, 2.05) is 97.2 Å². The Morgan fingerprint density at radius 3 is 1.09 bits per heavy atom. The van der Waals surface area contributed by atoms with Gasteiger partial charge in [0.2, 0.25) is 0 Å². The van der Waals surface area contributed by atoms with Crippen molar-refractivity contribution in [1.29, 1.82) is 0 Å². The lowest BCUT2D eigenvalue weighted by Crippen LogP contribution is -2.01. The molecule has 0 radical (unpaired) electrons. The second kappa shape index (κ2) is 14.7. The van der Waals surface area contributed by atoms with E-state index in [9.17, 15) is 0 Å². The number of rotatable bonds is 8. The predicted octanol–water partition coefficient (Wildman–Crippen LogP) is 11.4. The van der Waals surface area contributed by atoms with E-state index in [0.29, 0.717) is 0 Å². The molecule has 0 aliphatic carbocycles. The van der Waals surface area contributed by atoms with Gasteiger partial charge in [-0.05, 0) is 71.8 Å². The molecule has 54 heavy (non-hydrogen) atoms. The van der Waals surface area contributed by atoms with Crippen LogP contribution in [0.4, 0.5) is 0 Å². The first-order valence-corrected chi connectivity index (χ1v) is 17.8. The Morgan fingerprint density at radius 2 is 0.611 bits per heavy atom. The van der Waals surface area contributed by atoms with Gasteiger partial charge in [0.05, 0.1) is 51.2 Å². The topological polar surface area (TPSA) is 77.3 Å². The van der Waals surface area contributed by atoms with E-state index in [4.69, 9.17) is 15.0 Å². The van der Waals surface area contributed by atoms with Crippen LogP contribution >= 0.6 is 0 Å². The van der Waals surface area contributed by atoms with Gasteiger partial charge in [0, 0.05) is 46.4 Å². The summed E-state index contributed by atoms with van der Waals surface area (Å²) in [6.07, 6.45) is 5.40. The molecule has 0 fully saturated rings. The van der Waals surface area contributed by atoms with Gasteiger partial charge in [0.25, 0.3) is 0 Å². The maximum atomic E-state index is 5.52. The molecule has 6 heteroatoms. The van der Waals surface area contributed by atoms with E-state index in [1.165, 1.54) is 0 Å². The van der Waals surface area contributed by atoms with Crippen molar-refractivity contribution in [2.24, 2.45) is 0 Å². The molecular weight excluding hydrogens is 661 g/mol. The van der Waals surface area contributed by atoms with E-state index in [-0.39, 0.29) is 0 Å². The van der Waals surface area contributed by atoms with Crippen LogP contribution in [0.3, 0.4) is 0 Å². The highest BCUT2D eigenvalue weighted by molar-refractivity contribution is 5.88. The van der Waals surface area contributed by atoms with Crippen molar-refractivity contribution < 1.29 is 0 Å². The zero-order valence-electron chi connectivity index (χ0n) is 29.2. The molecule has 0 spiro atoms. The molecule has 9 rings (SSSR count). The minimum Gasteiger partial charge on any atom is -0.256 e. The molecule has 0 aliphatic heterocycles. The van der Waals surface area contributed by atoms with Crippen molar-refractivity contribution in [2.45, 2.75) is 0 Å². The van der Waals surface area contributed by atoms with E-state index >= 15 is 0 Å². The van der Waals surface area contributed by atoms with Gasteiger partial charge in [0.1, 0.15) is 0 Å². The van der Waals surface area contributed by atoms with Crippen LogP contribution in [0.2, 0.25) is 0 Å². The van der Waals surface area contributed by atoms with Crippen LogP contribution in [-0.2, 0) is 0 Å². The average molecular weight is 693 g/mol.